The molecular weight excluding hydrogens is 276 g/mol. The van der Waals surface area contributed by atoms with Crippen LogP contribution in [0.15, 0.2) is 54.6 Å². The van der Waals surface area contributed by atoms with Gasteiger partial charge in [-0.05, 0) is 11.1 Å². The molecule has 0 heterocycles. The number of rotatable bonds is 3. The standard InChI is InChI=1S/C18H24O2Si/c1-20-18(19)16-12-10-15(14-8-6-5-7-9-14)11-13-17(16)21(2,3)4/h5-13,15-17H,1-4H3/t15-,16+,17-/m1/s1. The summed E-state index contributed by atoms with van der Waals surface area (Å²) in [6, 6.07) is 10.4. The van der Waals surface area contributed by atoms with Crippen LogP contribution >= 0.6 is 0 Å². The molecule has 0 N–H and O–H groups in total. The molecule has 1 aromatic rings. The van der Waals surface area contributed by atoms with E-state index in [0.717, 1.165) is 0 Å². The van der Waals surface area contributed by atoms with Gasteiger partial charge in [0.1, 0.15) is 0 Å². The van der Waals surface area contributed by atoms with Crippen molar-refractivity contribution in [1.82, 2.24) is 0 Å². The first-order chi connectivity index (χ1) is 9.93. The Morgan fingerprint density at radius 1 is 1.00 bits per heavy atom. The van der Waals surface area contributed by atoms with Gasteiger partial charge >= 0.3 is 5.97 Å². The van der Waals surface area contributed by atoms with E-state index in [-0.39, 0.29) is 23.3 Å². The second-order valence-corrected chi connectivity index (χ2v) is 12.0. The number of carbonyl (C=O) groups excluding carboxylic acids is 1. The molecule has 3 heteroatoms. The largest absolute Gasteiger partial charge is 0.469 e. The lowest BCUT2D eigenvalue weighted by molar-refractivity contribution is -0.143. The zero-order chi connectivity index (χ0) is 15.5. The quantitative estimate of drug-likeness (QED) is 0.470. The summed E-state index contributed by atoms with van der Waals surface area (Å²) in [5.41, 5.74) is 1.53. The summed E-state index contributed by atoms with van der Waals surface area (Å²) >= 11 is 0. The number of ether oxygens (including phenoxy) is 1. The third kappa shape index (κ3) is 3.73. The van der Waals surface area contributed by atoms with Crippen LogP contribution in [0.3, 0.4) is 0 Å². The van der Waals surface area contributed by atoms with Gasteiger partial charge in [-0.2, -0.15) is 0 Å². The van der Waals surface area contributed by atoms with Crippen LogP contribution < -0.4 is 0 Å². The Bertz CT molecular complexity index is 540. The smallest absolute Gasteiger partial charge is 0.312 e. The molecule has 112 valence electrons. The van der Waals surface area contributed by atoms with E-state index in [1.165, 1.54) is 12.7 Å². The zero-order valence-electron chi connectivity index (χ0n) is 13.2. The van der Waals surface area contributed by atoms with Crippen molar-refractivity contribution < 1.29 is 9.53 Å². The number of methoxy groups -OCH3 is 1. The summed E-state index contributed by atoms with van der Waals surface area (Å²) in [5.74, 6) is -0.0524. The van der Waals surface area contributed by atoms with Gasteiger partial charge in [-0.25, -0.2) is 0 Å². The number of allylic oxidation sites excluding steroid dienone is 3. The van der Waals surface area contributed by atoms with E-state index >= 15 is 0 Å². The predicted octanol–water partition coefficient (Wildman–Crippen LogP) is 4.39. The highest BCUT2D eigenvalue weighted by Gasteiger charge is 2.36. The molecule has 0 saturated heterocycles. The van der Waals surface area contributed by atoms with Crippen LogP contribution in [-0.4, -0.2) is 21.2 Å². The molecule has 0 bridgehead atoms. The molecule has 1 aliphatic carbocycles. The summed E-state index contributed by atoms with van der Waals surface area (Å²) < 4.78 is 5.01. The Hall–Kier alpha value is -1.61. The van der Waals surface area contributed by atoms with Gasteiger partial charge in [0.05, 0.1) is 21.1 Å². The van der Waals surface area contributed by atoms with E-state index in [1.807, 2.05) is 12.1 Å². The van der Waals surface area contributed by atoms with Gasteiger partial charge < -0.3 is 4.74 Å². The van der Waals surface area contributed by atoms with E-state index in [4.69, 9.17) is 4.74 Å². The Labute approximate surface area is 128 Å². The summed E-state index contributed by atoms with van der Waals surface area (Å²) in [4.78, 5) is 12.1. The van der Waals surface area contributed by atoms with Gasteiger partial charge in [0.2, 0.25) is 0 Å². The molecule has 0 aromatic heterocycles. The minimum Gasteiger partial charge on any atom is -0.469 e. The maximum Gasteiger partial charge on any atom is 0.312 e. The van der Waals surface area contributed by atoms with Crippen molar-refractivity contribution in [1.29, 1.82) is 0 Å². The highest BCUT2D eigenvalue weighted by molar-refractivity contribution is 6.78. The SMILES string of the molecule is COC(=O)[C@H]1C=C[C@@H](c2ccccc2)C=C[C@H]1[Si](C)(C)C. The summed E-state index contributed by atoms with van der Waals surface area (Å²) in [6.45, 7) is 6.90. The summed E-state index contributed by atoms with van der Waals surface area (Å²) in [5, 5.41) is 0. The van der Waals surface area contributed by atoms with E-state index in [1.54, 1.807) is 0 Å². The molecule has 0 fully saturated rings. The van der Waals surface area contributed by atoms with E-state index in [0.29, 0.717) is 0 Å². The molecule has 3 atom stereocenters. The van der Waals surface area contributed by atoms with Crippen molar-refractivity contribution in [2.75, 3.05) is 7.11 Å². The fourth-order valence-electron chi connectivity index (χ4n) is 2.87. The number of esters is 1. The fraction of sp³-hybridized carbons (Fsp3) is 0.389. The summed E-state index contributed by atoms with van der Waals surface area (Å²) in [7, 11) is -0.0272. The van der Waals surface area contributed by atoms with Gasteiger partial charge in [-0.1, -0.05) is 74.3 Å². The minimum atomic E-state index is -1.50. The van der Waals surface area contributed by atoms with Crippen molar-refractivity contribution in [2.24, 2.45) is 5.92 Å². The van der Waals surface area contributed by atoms with Crippen LogP contribution in [0.2, 0.25) is 25.2 Å². The first-order valence-electron chi connectivity index (χ1n) is 7.43. The number of hydrogen-bond donors (Lipinski definition) is 0. The molecule has 0 aliphatic heterocycles. The molecule has 0 saturated carbocycles. The van der Waals surface area contributed by atoms with Crippen LogP contribution in [-0.2, 0) is 9.53 Å². The monoisotopic (exact) mass is 300 g/mol. The van der Waals surface area contributed by atoms with Gasteiger partial charge in [0, 0.05) is 5.92 Å². The van der Waals surface area contributed by atoms with E-state index in [2.05, 4.69) is 62.1 Å². The lowest BCUT2D eigenvalue weighted by atomic mass is 9.98. The van der Waals surface area contributed by atoms with Gasteiger partial charge in [0.25, 0.3) is 0 Å². The number of hydrogen-bond acceptors (Lipinski definition) is 2. The normalized spacial score (nSPS) is 25.4. The van der Waals surface area contributed by atoms with Gasteiger partial charge in [-0.3, -0.25) is 4.79 Å². The van der Waals surface area contributed by atoms with E-state index < -0.39 is 8.07 Å². The molecule has 2 rings (SSSR count). The van der Waals surface area contributed by atoms with Crippen LogP contribution in [0.4, 0.5) is 0 Å². The number of carbonyl (C=O) groups is 1. The third-order valence-corrected chi connectivity index (χ3v) is 6.65. The number of benzene rings is 1. The van der Waals surface area contributed by atoms with Crippen molar-refractivity contribution in [2.45, 2.75) is 31.1 Å². The first-order valence-corrected chi connectivity index (χ1v) is 11.0. The van der Waals surface area contributed by atoms with Gasteiger partial charge in [-0.15, -0.1) is 0 Å². The van der Waals surface area contributed by atoms with Crippen LogP contribution in [0.25, 0.3) is 0 Å². The minimum absolute atomic E-state index is 0.128. The van der Waals surface area contributed by atoms with Crippen molar-refractivity contribution in [3.8, 4) is 0 Å². The zero-order valence-corrected chi connectivity index (χ0v) is 14.2. The van der Waals surface area contributed by atoms with Crippen LogP contribution in [0.1, 0.15) is 11.5 Å². The Morgan fingerprint density at radius 3 is 2.19 bits per heavy atom. The average Bonchev–Trinajstić information content (AvgIpc) is 2.70. The second-order valence-electron chi connectivity index (χ2n) is 6.65. The molecule has 0 radical (unpaired) electrons. The second kappa shape index (κ2) is 6.44. The average molecular weight is 300 g/mol. The van der Waals surface area contributed by atoms with Crippen LogP contribution in [0, 0.1) is 5.92 Å². The van der Waals surface area contributed by atoms with Crippen molar-refractivity contribution in [3.63, 3.8) is 0 Å². The lowest BCUT2D eigenvalue weighted by Gasteiger charge is -2.30. The highest BCUT2D eigenvalue weighted by atomic mass is 28.3. The molecule has 2 nitrogen and oxygen atoms in total. The molecule has 1 aliphatic rings. The molecular formula is C18H24O2Si. The Morgan fingerprint density at radius 2 is 1.62 bits per heavy atom. The maximum atomic E-state index is 12.1. The highest BCUT2D eigenvalue weighted by Crippen LogP contribution is 2.37. The molecule has 0 amide bonds. The lowest BCUT2D eigenvalue weighted by Crippen LogP contribution is -2.35. The predicted molar refractivity (Wildman–Crippen MR) is 90.1 cm³/mol. The maximum absolute atomic E-state index is 12.1. The third-order valence-electron chi connectivity index (χ3n) is 4.10. The Balaban J connectivity index is 2.36. The van der Waals surface area contributed by atoms with Crippen LogP contribution in [0.5, 0.6) is 0 Å². The van der Waals surface area contributed by atoms with Crippen molar-refractivity contribution >= 4 is 14.0 Å². The summed E-state index contributed by atoms with van der Waals surface area (Å²) in [6.07, 6.45) is 8.66. The van der Waals surface area contributed by atoms with E-state index in [9.17, 15) is 4.79 Å². The molecule has 0 unspecified atom stereocenters. The first kappa shape index (κ1) is 15.8. The molecule has 21 heavy (non-hydrogen) atoms. The van der Waals surface area contributed by atoms with Gasteiger partial charge in [0.15, 0.2) is 0 Å². The molecule has 1 aromatic carbocycles. The topological polar surface area (TPSA) is 26.3 Å². The fourth-order valence-corrected chi connectivity index (χ4v) is 4.88. The Kier molecular flexibility index (Phi) is 4.83. The molecule has 0 spiro atoms. The van der Waals surface area contributed by atoms with Crippen molar-refractivity contribution in [3.05, 3.63) is 60.2 Å².